The summed E-state index contributed by atoms with van der Waals surface area (Å²) in [7, 11) is -6.59. The Bertz CT molecular complexity index is 1490. The third kappa shape index (κ3) is 5.85. The number of hydrogen-bond donors (Lipinski definition) is 0. The van der Waals surface area contributed by atoms with Gasteiger partial charge < -0.3 is 13.6 Å². The number of esters is 1. The summed E-state index contributed by atoms with van der Waals surface area (Å²) in [4.78, 5) is 12.9. The highest BCUT2D eigenvalue weighted by molar-refractivity contribution is 7.00. The van der Waals surface area contributed by atoms with Gasteiger partial charge in [-0.3, -0.25) is 0 Å². The van der Waals surface area contributed by atoms with Crippen LogP contribution in [0, 0.1) is 0 Å². The Morgan fingerprint density at radius 3 is 1.29 bits per heavy atom. The van der Waals surface area contributed by atoms with Crippen LogP contribution in [0.4, 0.5) is 8.78 Å². The molecule has 4 aromatic carbocycles. The van der Waals surface area contributed by atoms with Gasteiger partial charge >= 0.3 is 11.9 Å². The van der Waals surface area contributed by atoms with Crippen molar-refractivity contribution in [2.24, 2.45) is 0 Å². The number of benzene rings is 4. The molecule has 1 heterocycles. The van der Waals surface area contributed by atoms with Crippen LogP contribution < -0.4 is 20.7 Å². The largest absolute Gasteiger partial charge is 0.452 e. The number of cyclic esters (lactones) is 1. The van der Waals surface area contributed by atoms with E-state index >= 15 is 8.78 Å². The average molecular weight is 645 g/mol. The number of rotatable bonds is 9. The van der Waals surface area contributed by atoms with Crippen LogP contribution in [0.25, 0.3) is 0 Å². The monoisotopic (exact) mass is 644 g/mol. The molecule has 236 valence electrons. The first-order valence-corrected chi connectivity index (χ1v) is 19.2. The third-order valence-corrected chi connectivity index (χ3v) is 18.8. The highest BCUT2D eigenvalue weighted by atomic mass is 28.4. The van der Waals surface area contributed by atoms with Gasteiger partial charge in [0, 0.05) is 0 Å². The molecular weight excluding hydrogens is 603 g/mol. The zero-order valence-electron chi connectivity index (χ0n) is 26.8. The van der Waals surface area contributed by atoms with Gasteiger partial charge in [-0.15, -0.1) is 0 Å². The Hall–Kier alpha value is -3.44. The fourth-order valence-electron chi connectivity index (χ4n) is 6.75. The van der Waals surface area contributed by atoms with E-state index in [-0.39, 0.29) is 6.61 Å². The first-order valence-electron chi connectivity index (χ1n) is 15.4. The van der Waals surface area contributed by atoms with Crippen molar-refractivity contribution < 1.29 is 27.2 Å². The van der Waals surface area contributed by atoms with Gasteiger partial charge in [0.2, 0.25) is 0 Å². The summed E-state index contributed by atoms with van der Waals surface area (Å²) in [6.07, 6.45) is -3.18. The number of halogens is 2. The van der Waals surface area contributed by atoms with E-state index < -0.39 is 50.8 Å². The fraction of sp³-hybridized carbons (Fsp3) is 0.324. The second kappa shape index (κ2) is 12.4. The summed E-state index contributed by atoms with van der Waals surface area (Å²) < 4.78 is 51.5. The highest BCUT2D eigenvalue weighted by Gasteiger charge is 2.65. The third-order valence-electron chi connectivity index (χ3n) is 8.83. The standard InChI is InChI=1S/C37H42F2O4Si2/c1-35(2,3)44(28-19-11-7-12-20-28,29-21-13-8-14-22-29)41-27-32-33(37(38,39)34(40)42-32)43-45(36(4,5)6,30-23-15-9-16-24-30)31-25-17-10-18-26-31/h7-26,32-33H,27H2,1-6H3/t32-,33?/m1/s1. The van der Waals surface area contributed by atoms with Crippen LogP contribution in [0.3, 0.4) is 0 Å². The maximum absolute atomic E-state index is 16.1. The molecule has 45 heavy (non-hydrogen) atoms. The first-order chi connectivity index (χ1) is 21.2. The van der Waals surface area contributed by atoms with Crippen LogP contribution in [0.2, 0.25) is 10.1 Å². The van der Waals surface area contributed by atoms with Crippen molar-refractivity contribution in [2.75, 3.05) is 6.61 Å². The second-order valence-corrected chi connectivity index (χ2v) is 22.3. The molecule has 4 aromatic rings. The molecule has 2 atom stereocenters. The van der Waals surface area contributed by atoms with E-state index in [1.807, 2.05) is 142 Å². The zero-order chi connectivity index (χ0) is 32.5. The van der Waals surface area contributed by atoms with Crippen molar-refractivity contribution in [3.8, 4) is 0 Å². The number of alkyl halides is 2. The van der Waals surface area contributed by atoms with Crippen molar-refractivity contribution in [3.63, 3.8) is 0 Å². The molecule has 1 aliphatic heterocycles. The number of hydrogen-bond acceptors (Lipinski definition) is 4. The zero-order valence-corrected chi connectivity index (χ0v) is 28.8. The minimum Gasteiger partial charge on any atom is -0.452 e. The molecule has 4 nitrogen and oxygen atoms in total. The lowest BCUT2D eigenvalue weighted by atomic mass is 10.1. The van der Waals surface area contributed by atoms with Gasteiger partial charge in [0.15, 0.2) is 12.2 Å². The van der Waals surface area contributed by atoms with Gasteiger partial charge in [-0.25, -0.2) is 4.79 Å². The molecule has 5 rings (SSSR count). The molecule has 1 fully saturated rings. The predicted octanol–water partition coefficient (Wildman–Crippen LogP) is 6.07. The summed E-state index contributed by atoms with van der Waals surface area (Å²) in [6, 6.07) is 39.0. The minimum absolute atomic E-state index is 0.239. The quantitative estimate of drug-likeness (QED) is 0.164. The number of carbonyl (C=O) groups excluding carboxylic acids is 1. The van der Waals surface area contributed by atoms with Crippen LogP contribution >= 0.6 is 0 Å². The summed E-state index contributed by atoms with van der Waals surface area (Å²) in [5, 5.41) is 2.71. The number of ether oxygens (including phenoxy) is 1. The van der Waals surface area contributed by atoms with Crippen molar-refractivity contribution in [3.05, 3.63) is 121 Å². The molecule has 0 saturated carbocycles. The summed E-state index contributed by atoms with van der Waals surface area (Å²) in [5.41, 5.74) is 0. The molecule has 0 spiro atoms. The summed E-state index contributed by atoms with van der Waals surface area (Å²) in [6.45, 7) is 12.2. The molecular formula is C37H42F2O4Si2. The van der Waals surface area contributed by atoms with Crippen LogP contribution in [0.5, 0.6) is 0 Å². The lowest BCUT2D eigenvalue weighted by molar-refractivity contribution is -0.162. The molecule has 0 amide bonds. The Labute approximate surface area is 267 Å². The molecule has 1 unspecified atom stereocenters. The maximum atomic E-state index is 16.1. The van der Waals surface area contributed by atoms with Crippen LogP contribution in [-0.4, -0.2) is 47.3 Å². The smallest absolute Gasteiger partial charge is 0.380 e. The van der Waals surface area contributed by atoms with E-state index in [1.54, 1.807) is 0 Å². The Balaban J connectivity index is 1.63. The van der Waals surface area contributed by atoms with Crippen molar-refractivity contribution in [1.29, 1.82) is 0 Å². The first kappa shape index (κ1) is 32.9. The van der Waals surface area contributed by atoms with E-state index in [0.717, 1.165) is 20.7 Å². The summed E-state index contributed by atoms with van der Waals surface area (Å²) in [5.74, 6) is -5.45. The molecule has 8 heteroatoms. The summed E-state index contributed by atoms with van der Waals surface area (Å²) >= 11 is 0. The van der Waals surface area contributed by atoms with Crippen LogP contribution in [-0.2, 0) is 18.4 Å². The Morgan fingerprint density at radius 2 is 0.956 bits per heavy atom. The van der Waals surface area contributed by atoms with E-state index in [1.165, 1.54) is 0 Å². The van der Waals surface area contributed by atoms with E-state index in [2.05, 4.69) is 20.8 Å². The molecule has 1 aliphatic rings. The molecule has 0 N–H and O–H groups in total. The normalized spacial score (nSPS) is 18.9. The molecule has 0 radical (unpaired) electrons. The van der Waals surface area contributed by atoms with Crippen molar-refractivity contribution in [2.45, 2.75) is 69.7 Å². The van der Waals surface area contributed by atoms with E-state index in [9.17, 15) is 4.79 Å². The van der Waals surface area contributed by atoms with Crippen LogP contribution in [0.1, 0.15) is 41.5 Å². The SMILES string of the molecule is CC(C)(C)[Si](OC[C@H]1OC(=O)C(F)(F)C1O[Si](c1ccccc1)(c1ccccc1)C(C)(C)C)(c1ccccc1)c1ccccc1. The Morgan fingerprint density at radius 1 is 0.622 bits per heavy atom. The van der Waals surface area contributed by atoms with Crippen LogP contribution in [0.15, 0.2) is 121 Å². The lowest BCUT2D eigenvalue weighted by Crippen LogP contribution is -2.70. The molecule has 1 saturated heterocycles. The molecule has 0 bridgehead atoms. The van der Waals surface area contributed by atoms with Gasteiger partial charge in [0.1, 0.15) is 0 Å². The van der Waals surface area contributed by atoms with Gasteiger partial charge in [-0.05, 0) is 30.8 Å². The van der Waals surface area contributed by atoms with Gasteiger partial charge in [-0.1, -0.05) is 163 Å². The lowest BCUT2D eigenvalue weighted by Gasteiger charge is -2.46. The molecule has 0 aliphatic carbocycles. The number of carbonyl (C=O) groups is 1. The average Bonchev–Trinajstić information content (AvgIpc) is 3.23. The topological polar surface area (TPSA) is 44.8 Å². The predicted molar refractivity (Wildman–Crippen MR) is 181 cm³/mol. The highest BCUT2D eigenvalue weighted by Crippen LogP contribution is 2.44. The van der Waals surface area contributed by atoms with E-state index in [4.69, 9.17) is 13.6 Å². The Kier molecular flexibility index (Phi) is 9.08. The maximum Gasteiger partial charge on any atom is 0.380 e. The van der Waals surface area contributed by atoms with E-state index in [0.29, 0.717) is 0 Å². The van der Waals surface area contributed by atoms with Crippen molar-refractivity contribution >= 4 is 43.4 Å². The molecule has 0 aromatic heterocycles. The second-order valence-electron chi connectivity index (χ2n) is 13.7. The fourth-order valence-corrected chi connectivity index (χ4v) is 16.0. The van der Waals surface area contributed by atoms with Gasteiger partial charge in [0.05, 0.1) is 6.61 Å². The van der Waals surface area contributed by atoms with Gasteiger partial charge in [0.25, 0.3) is 16.6 Å². The van der Waals surface area contributed by atoms with Gasteiger partial charge in [-0.2, -0.15) is 8.78 Å². The minimum atomic E-state index is -3.87. The van der Waals surface area contributed by atoms with Crippen molar-refractivity contribution in [1.82, 2.24) is 0 Å².